The van der Waals surface area contributed by atoms with Crippen LogP contribution in [0.25, 0.3) is 5.76 Å². The molecule has 0 aromatic heterocycles. The summed E-state index contributed by atoms with van der Waals surface area (Å²) in [6.07, 6.45) is 1.75. The van der Waals surface area contributed by atoms with Crippen LogP contribution in [-0.2, 0) is 4.74 Å². The zero-order valence-corrected chi connectivity index (χ0v) is 10.7. The molecule has 1 aromatic rings. The van der Waals surface area contributed by atoms with E-state index in [9.17, 15) is 0 Å². The quantitative estimate of drug-likeness (QED) is 0.799. The van der Waals surface area contributed by atoms with Crippen molar-refractivity contribution in [2.45, 2.75) is 13.2 Å². The molecule has 0 bridgehead atoms. The Morgan fingerprint density at radius 3 is 2.89 bits per heavy atom. The third-order valence-corrected chi connectivity index (χ3v) is 2.60. The third kappa shape index (κ3) is 2.60. The molecular weight excluding hydrogens is 226 g/mol. The summed E-state index contributed by atoms with van der Waals surface area (Å²) in [5, 5.41) is 6.32. The zero-order valence-electron chi connectivity index (χ0n) is 10.7. The highest BCUT2D eigenvalue weighted by Crippen LogP contribution is 2.25. The maximum absolute atomic E-state index is 5.41. The second-order valence-electron chi connectivity index (χ2n) is 4.14. The molecule has 1 heterocycles. The molecule has 4 heteroatoms. The Morgan fingerprint density at radius 1 is 1.44 bits per heavy atom. The SMILES string of the molecule is C=C(C)OC(=C)c1ccc2c(c1)NC(NC)N=C2. The summed E-state index contributed by atoms with van der Waals surface area (Å²) in [5.41, 5.74) is 2.98. The van der Waals surface area contributed by atoms with E-state index in [4.69, 9.17) is 4.74 Å². The number of fused-ring (bicyclic) bond motifs is 1. The fourth-order valence-electron chi connectivity index (χ4n) is 1.72. The minimum absolute atomic E-state index is 0.0944. The van der Waals surface area contributed by atoms with Crippen LogP contribution < -0.4 is 10.6 Å². The van der Waals surface area contributed by atoms with Crippen molar-refractivity contribution in [1.29, 1.82) is 0 Å². The summed E-state index contributed by atoms with van der Waals surface area (Å²) in [5.74, 6) is 1.22. The van der Waals surface area contributed by atoms with Gasteiger partial charge in [-0.2, -0.15) is 0 Å². The van der Waals surface area contributed by atoms with Crippen LogP contribution in [-0.4, -0.2) is 19.6 Å². The first-order valence-electron chi connectivity index (χ1n) is 5.74. The van der Waals surface area contributed by atoms with Gasteiger partial charge in [-0.15, -0.1) is 0 Å². The van der Waals surface area contributed by atoms with Crippen LogP contribution in [0.15, 0.2) is 42.1 Å². The van der Waals surface area contributed by atoms with Crippen molar-refractivity contribution in [3.05, 3.63) is 48.2 Å². The molecule has 94 valence electrons. The molecule has 18 heavy (non-hydrogen) atoms. The topological polar surface area (TPSA) is 45.6 Å². The highest BCUT2D eigenvalue weighted by atomic mass is 16.5. The van der Waals surface area contributed by atoms with Gasteiger partial charge in [-0.05, 0) is 20.0 Å². The Balaban J connectivity index is 2.25. The molecule has 1 unspecified atom stereocenters. The molecule has 1 aliphatic heterocycles. The van der Waals surface area contributed by atoms with E-state index in [1.807, 2.05) is 31.5 Å². The van der Waals surface area contributed by atoms with Crippen LogP contribution in [0.5, 0.6) is 0 Å². The molecule has 1 aromatic carbocycles. The first-order valence-corrected chi connectivity index (χ1v) is 5.74. The summed E-state index contributed by atoms with van der Waals surface area (Å²) in [6, 6.07) is 5.94. The van der Waals surface area contributed by atoms with Gasteiger partial charge in [-0.25, -0.2) is 0 Å². The number of allylic oxidation sites excluding steroid dienone is 1. The molecule has 0 aliphatic carbocycles. The van der Waals surface area contributed by atoms with Crippen molar-refractivity contribution in [1.82, 2.24) is 5.32 Å². The Bertz CT molecular complexity index is 520. The normalized spacial score (nSPS) is 16.7. The maximum atomic E-state index is 5.41. The molecular formula is C14H17N3O. The molecule has 0 spiro atoms. The van der Waals surface area contributed by atoms with Crippen LogP contribution in [0.2, 0.25) is 0 Å². The number of nitrogens with zero attached hydrogens (tertiary/aromatic N) is 1. The van der Waals surface area contributed by atoms with E-state index in [0.717, 1.165) is 16.8 Å². The lowest BCUT2D eigenvalue weighted by Crippen LogP contribution is -2.33. The van der Waals surface area contributed by atoms with Crippen LogP contribution in [0.3, 0.4) is 0 Å². The number of aliphatic imine (C=N–C) groups is 1. The van der Waals surface area contributed by atoms with Gasteiger partial charge in [0.25, 0.3) is 0 Å². The summed E-state index contributed by atoms with van der Waals surface area (Å²) in [6.45, 7) is 9.39. The molecule has 0 saturated carbocycles. The average Bonchev–Trinajstić information content (AvgIpc) is 2.36. The smallest absolute Gasteiger partial charge is 0.173 e. The van der Waals surface area contributed by atoms with Crippen LogP contribution in [0.4, 0.5) is 5.69 Å². The van der Waals surface area contributed by atoms with E-state index in [-0.39, 0.29) is 6.29 Å². The van der Waals surface area contributed by atoms with Gasteiger partial charge in [0.2, 0.25) is 0 Å². The fraction of sp³-hybridized carbons (Fsp3) is 0.214. The van der Waals surface area contributed by atoms with Crippen molar-refractivity contribution in [2.24, 2.45) is 4.99 Å². The van der Waals surface area contributed by atoms with E-state index < -0.39 is 0 Å². The zero-order chi connectivity index (χ0) is 13.1. The number of hydrogen-bond acceptors (Lipinski definition) is 4. The number of hydrogen-bond donors (Lipinski definition) is 2. The van der Waals surface area contributed by atoms with Gasteiger partial charge in [0.05, 0.1) is 5.76 Å². The number of anilines is 1. The van der Waals surface area contributed by atoms with Crippen molar-refractivity contribution in [3.63, 3.8) is 0 Å². The molecule has 2 N–H and O–H groups in total. The summed E-state index contributed by atoms with van der Waals surface area (Å²) < 4.78 is 5.41. The lowest BCUT2D eigenvalue weighted by Gasteiger charge is -2.21. The van der Waals surface area contributed by atoms with Crippen LogP contribution in [0, 0.1) is 0 Å². The molecule has 4 nitrogen and oxygen atoms in total. The highest BCUT2D eigenvalue weighted by molar-refractivity contribution is 5.90. The van der Waals surface area contributed by atoms with Gasteiger partial charge in [0.15, 0.2) is 6.29 Å². The minimum Gasteiger partial charge on any atom is -0.463 e. The van der Waals surface area contributed by atoms with Gasteiger partial charge >= 0.3 is 0 Å². The average molecular weight is 243 g/mol. The Kier molecular flexibility index (Phi) is 3.48. The summed E-state index contributed by atoms with van der Waals surface area (Å²) in [7, 11) is 1.85. The van der Waals surface area contributed by atoms with Crippen LogP contribution in [0.1, 0.15) is 18.1 Å². The second kappa shape index (κ2) is 5.06. The minimum atomic E-state index is -0.0944. The predicted octanol–water partition coefficient (Wildman–Crippen LogP) is 2.55. The summed E-state index contributed by atoms with van der Waals surface area (Å²) in [4.78, 5) is 4.30. The van der Waals surface area contributed by atoms with Gasteiger partial charge in [0, 0.05) is 23.0 Å². The third-order valence-electron chi connectivity index (χ3n) is 2.60. The van der Waals surface area contributed by atoms with E-state index in [0.29, 0.717) is 11.5 Å². The molecule has 0 amide bonds. The lowest BCUT2D eigenvalue weighted by atomic mass is 10.1. The Labute approximate surface area is 107 Å². The molecule has 2 rings (SSSR count). The molecule has 1 atom stereocenters. The standard InChI is InChI=1S/C14H17N3O/c1-9(2)18-10(3)11-5-6-12-8-16-14(15-4)17-13(12)7-11/h5-8,14-15,17H,1,3H2,2,4H3. The number of benzene rings is 1. The summed E-state index contributed by atoms with van der Waals surface area (Å²) >= 11 is 0. The molecule has 0 radical (unpaired) electrons. The van der Waals surface area contributed by atoms with Crippen molar-refractivity contribution in [2.75, 3.05) is 12.4 Å². The largest absolute Gasteiger partial charge is 0.463 e. The van der Waals surface area contributed by atoms with Gasteiger partial charge in [-0.1, -0.05) is 25.3 Å². The first-order chi connectivity index (χ1) is 8.60. The molecule has 1 aliphatic rings. The second-order valence-corrected chi connectivity index (χ2v) is 4.14. The van der Waals surface area contributed by atoms with Crippen molar-refractivity contribution >= 4 is 17.7 Å². The van der Waals surface area contributed by atoms with E-state index in [2.05, 4.69) is 28.8 Å². The molecule has 0 saturated heterocycles. The molecule has 0 fully saturated rings. The number of ether oxygens (including phenoxy) is 1. The Hall–Kier alpha value is -2.07. The number of nitrogens with one attached hydrogen (secondary N) is 2. The van der Waals surface area contributed by atoms with Gasteiger partial charge in [-0.3, -0.25) is 10.3 Å². The predicted molar refractivity (Wildman–Crippen MR) is 75.4 cm³/mol. The number of rotatable bonds is 4. The van der Waals surface area contributed by atoms with Crippen LogP contribution >= 0.6 is 0 Å². The first kappa shape index (κ1) is 12.4. The van der Waals surface area contributed by atoms with Crippen molar-refractivity contribution in [3.8, 4) is 0 Å². The fourth-order valence-corrected chi connectivity index (χ4v) is 1.72. The van der Waals surface area contributed by atoms with Gasteiger partial charge in [0.1, 0.15) is 5.76 Å². The van der Waals surface area contributed by atoms with E-state index in [1.54, 1.807) is 6.92 Å². The van der Waals surface area contributed by atoms with Gasteiger partial charge < -0.3 is 10.1 Å². The Morgan fingerprint density at radius 2 is 2.22 bits per heavy atom. The lowest BCUT2D eigenvalue weighted by molar-refractivity contribution is 0.388. The van der Waals surface area contributed by atoms with E-state index in [1.165, 1.54) is 0 Å². The highest BCUT2D eigenvalue weighted by Gasteiger charge is 2.13. The maximum Gasteiger partial charge on any atom is 0.173 e. The van der Waals surface area contributed by atoms with Crippen molar-refractivity contribution < 1.29 is 4.74 Å². The monoisotopic (exact) mass is 243 g/mol. The van der Waals surface area contributed by atoms with E-state index >= 15 is 0 Å².